The first-order valence-electron chi connectivity index (χ1n) is 4.87. The summed E-state index contributed by atoms with van der Waals surface area (Å²) in [6.07, 6.45) is 0. The van der Waals surface area contributed by atoms with Gasteiger partial charge in [0.05, 0.1) is 18.2 Å². The molecule has 2 aromatic rings. The van der Waals surface area contributed by atoms with Crippen LogP contribution in [0, 0.1) is 11.3 Å². The zero-order valence-electron chi connectivity index (χ0n) is 8.71. The Morgan fingerprint density at radius 1 is 1.35 bits per heavy atom. The summed E-state index contributed by atoms with van der Waals surface area (Å²) in [4.78, 5) is 0. The number of nitrogens with zero attached hydrogens (tertiary/aromatic N) is 1. The molecule has 0 radical (unpaired) electrons. The largest absolute Gasteiger partial charge is 0.448 e. The van der Waals surface area contributed by atoms with E-state index in [1.165, 1.54) is 0 Å². The molecule has 1 aromatic heterocycles. The van der Waals surface area contributed by atoms with Crippen LogP contribution < -0.4 is 5.32 Å². The van der Waals surface area contributed by atoms with Crippen LogP contribution in [0.1, 0.15) is 11.3 Å². The predicted octanol–water partition coefficient (Wildman–Crippen LogP) is 4.18. The SMILES string of the molecule is N#Cc1ccc(NCc2ccc(Cl)o2)c(Br)c1. The van der Waals surface area contributed by atoms with E-state index in [0.717, 1.165) is 15.9 Å². The van der Waals surface area contributed by atoms with E-state index in [0.29, 0.717) is 17.3 Å². The first-order valence-corrected chi connectivity index (χ1v) is 6.04. The van der Waals surface area contributed by atoms with Crippen LogP contribution in [-0.2, 0) is 6.54 Å². The van der Waals surface area contributed by atoms with Crippen molar-refractivity contribution in [3.05, 3.63) is 51.3 Å². The Morgan fingerprint density at radius 2 is 2.18 bits per heavy atom. The summed E-state index contributed by atoms with van der Waals surface area (Å²) >= 11 is 9.07. The minimum absolute atomic E-state index is 0.376. The third-order valence-corrected chi connectivity index (χ3v) is 3.04. The maximum absolute atomic E-state index is 8.74. The lowest BCUT2D eigenvalue weighted by Crippen LogP contribution is -1.98. The second-order valence-corrected chi connectivity index (χ2v) is 4.59. The molecule has 1 heterocycles. The topological polar surface area (TPSA) is 49.0 Å². The van der Waals surface area contributed by atoms with Gasteiger partial charge in [0, 0.05) is 10.2 Å². The fourth-order valence-electron chi connectivity index (χ4n) is 1.36. The Bertz CT molecular complexity index is 574. The van der Waals surface area contributed by atoms with E-state index < -0.39 is 0 Å². The van der Waals surface area contributed by atoms with Gasteiger partial charge in [-0.3, -0.25) is 0 Å². The molecular formula is C12H8BrClN2O. The fraction of sp³-hybridized carbons (Fsp3) is 0.0833. The number of benzene rings is 1. The lowest BCUT2D eigenvalue weighted by Gasteiger charge is -2.06. The number of nitrogens with one attached hydrogen (secondary N) is 1. The highest BCUT2D eigenvalue weighted by atomic mass is 79.9. The van der Waals surface area contributed by atoms with E-state index in [2.05, 4.69) is 27.3 Å². The van der Waals surface area contributed by atoms with Gasteiger partial charge in [-0.25, -0.2) is 0 Å². The van der Waals surface area contributed by atoms with Crippen molar-refractivity contribution in [3.8, 4) is 6.07 Å². The van der Waals surface area contributed by atoms with Crippen molar-refractivity contribution in [1.29, 1.82) is 5.26 Å². The maximum atomic E-state index is 8.74. The van der Waals surface area contributed by atoms with E-state index in [-0.39, 0.29) is 0 Å². The highest BCUT2D eigenvalue weighted by Gasteiger charge is 2.03. The van der Waals surface area contributed by atoms with Gasteiger partial charge in [-0.05, 0) is 57.9 Å². The molecule has 0 unspecified atom stereocenters. The summed E-state index contributed by atoms with van der Waals surface area (Å²) in [5.74, 6) is 0.756. The summed E-state index contributed by atoms with van der Waals surface area (Å²) in [5, 5.41) is 12.3. The molecule has 1 aromatic carbocycles. The van der Waals surface area contributed by atoms with Crippen molar-refractivity contribution in [2.24, 2.45) is 0 Å². The molecule has 0 bridgehead atoms. The summed E-state index contributed by atoms with van der Waals surface area (Å²) in [5.41, 5.74) is 1.51. The van der Waals surface area contributed by atoms with Gasteiger partial charge in [0.25, 0.3) is 0 Å². The number of anilines is 1. The molecule has 0 amide bonds. The number of rotatable bonds is 3. The monoisotopic (exact) mass is 310 g/mol. The molecule has 0 saturated heterocycles. The van der Waals surface area contributed by atoms with E-state index >= 15 is 0 Å². The zero-order chi connectivity index (χ0) is 12.3. The summed E-state index contributed by atoms with van der Waals surface area (Å²) < 4.78 is 6.07. The average molecular weight is 312 g/mol. The van der Waals surface area contributed by atoms with E-state index in [4.69, 9.17) is 21.3 Å². The van der Waals surface area contributed by atoms with Crippen molar-refractivity contribution < 1.29 is 4.42 Å². The standard InChI is InChI=1S/C12H8BrClN2O/c13-10-5-8(6-15)1-3-11(10)16-7-9-2-4-12(14)17-9/h1-5,16H,7H2. The molecule has 0 aliphatic carbocycles. The second-order valence-electron chi connectivity index (χ2n) is 3.37. The normalized spacial score (nSPS) is 9.94. The summed E-state index contributed by atoms with van der Waals surface area (Å²) in [7, 11) is 0. The lowest BCUT2D eigenvalue weighted by atomic mass is 10.2. The molecular weight excluding hydrogens is 304 g/mol. The van der Waals surface area contributed by atoms with E-state index in [9.17, 15) is 0 Å². The fourth-order valence-corrected chi connectivity index (χ4v) is 2.04. The lowest BCUT2D eigenvalue weighted by molar-refractivity contribution is 0.520. The molecule has 5 heteroatoms. The van der Waals surface area contributed by atoms with Crippen LogP contribution >= 0.6 is 27.5 Å². The van der Waals surface area contributed by atoms with Crippen LogP contribution in [0.5, 0.6) is 0 Å². The van der Waals surface area contributed by atoms with Gasteiger partial charge < -0.3 is 9.73 Å². The van der Waals surface area contributed by atoms with Crippen LogP contribution in [-0.4, -0.2) is 0 Å². The minimum Gasteiger partial charge on any atom is -0.448 e. The van der Waals surface area contributed by atoms with Crippen molar-refractivity contribution in [1.82, 2.24) is 0 Å². The molecule has 0 atom stereocenters. The average Bonchev–Trinajstić information content (AvgIpc) is 2.73. The molecule has 0 fully saturated rings. The van der Waals surface area contributed by atoms with Crippen LogP contribution in [0.2, 0.25) is 5.22 Å². The Morgan fingerprint density at radius 3 is 2.76 bits per heavy atom. The maximum Gasteiger partial charge on any atom is 0.193 e. The number of hydrogen-bond acceptors (Lipinski definition) is 3. The van der Waals surface area contributed by atoms with Crippen LogP contribution in [0.3, 0.4) is 0 Å². The summed E-state index contributed by atoms with van der Waals surface area (Å²) in [6.45, 7) is 0.539. The number of nitriles is 1. The van der Waals surface area contributed by atoms with Gasteiger partial charge in [0.15, 0.2) is 5.22 Å². The van der Waals surface area contributed by atoms with E-state index in [1.807, 2.05) is 12.1 Å². The van der Waals surface area contributed by atoms with Crippen molar-refractivity contribution in [2.45, 2.75) is 6.54 Å². The van der Waals surface area contributed by atoms with Crippen LogP contribution in [0.15, 0.2) is 39.2 Å². The third-order valence-electron chi connectivity index (χ3n) is 2.18. The van der Waals surface area contributed by atoms with Crippen molar-refractivity contribution >= 4 is 33.2 Å². The highest BCUT2D eigenvalue weighted by Crippen LogP contribution is 2.24. The van der Waals surface area contributed by atoms with Crippen LogP contribution in [0.25, 0.3) is 0 Å². The minimum atomic E-state index is 0.376. The third kappa shape index (κ3) is 3.02. The molecule has 0 aliphatic rings. The predicted molar refractivity (Wildman–Crippen MR) is 69.9 cm³/mol. The van der Waals surface area contributed by atoms with Crippen molar-refractivity contribution in [2.75, 3.05) is 5.32 Å². The van der Waals surface area contributed by atoms with Gasteiger partial charge in [-0.15, -0.1) is 0 Å². The van der Waals surface area contributed by atoms with Crippen molar-refractivity contribution in [3.63, 3.8) is 0 Å². The van der Waals surface area contributed by atoms with Gasteiger partial charge >= 0.3 is 0 Å². The Balaban J connectivity index is 2.07. The molecule has 2 rings (SSSR count). The molecule has 0 saturated carbocycles. The first-order chi connectivity index (χ1) is 8.19. The summed E-state index contributed by atoms with van der Waals surface area (Å²) in [6, 6.07) is 10.9. The van der Waals surface area contributed by atoms with Gasteiger partial charge in [-0.2, -0.15) is 5.26 Å². The zero-order valence-corrected chi connectivity index (χ0v) is 11.0. The highest BCUT2D eigenvalue weighted by molar-refractivity contribution is 9.10. The molecule has 1 N–H and O–H groups in total. The van der Waals surface area contributed by atoms with E-state index in [1.54, 1.807) is 18.2 Å². The molecule has 3 nitrogen and oxygen atoms in total. The number of halogens is 2. The Kier molecular flexibility index (Phi) is 3.72. The molecule has 17 heavy (non-hydrogen) atoms. The number of hydrogen-bond donors (Lipinski definition) is 1. The Labute approximate surface area is 112 Å². The second kappa shape index (κ2) is 5.26. The van der Waals surface area contributed by atoms with Crippen LogP contribution in [0.4, 0.5) is 5.69 Å². The smallest absolute Gasteiger partial charge is 0.193 e. The quantitative estimate of drug-likeness (QED) is 0.925. The Hall–Kier alpha value is -1.44. The first kappa shape index (κ1) is 12.0. The molecule has 86 valence electrons. The van der Waals surface area contributed by atoms with Gasteiger partial charge in [0.2, 0.25) is 0 Å². The number of furan rings is 1. The molecule has 0 aliphatic heterocycles. The molecule has 0 spiro atoms. The van der Waals surface area contributed by atoms with Gasteiger partial charge in [-0.1, -0.05) is 0 Å². The van der Waals surface area contributed by atoms with Gasteiger partial charge in [0.1, 0.15) is 5.76 Å².